The lowest BCUT2D eigenvalue weighted by Crippen LogP contribution is -2.33. The largest absolute Gasteiger partial charge is 0.491 e. The topological polar surface area (TPSA) is 78.5 Å². The van der Waals surface area contributed by atoms with Crippen LogP contribution in [0.25, 0.3) is 0 Å². The smallest absolute Gasteiger partial charge is 0.423 e. The van der Waals surface area contributed by atoms with E-state index in [1.165, 1.54) is 0 Å². The Morgan fingerprint density at radius 3 is 3.23 bits per heavy atom. The number of likely N-dealkylation sites (tertiary alicyclic amines) is 1. The van der Waals surface area contributed by atoms with Gasteiger partial charge in [-0.25, -0.2) is 4.98 Å². The summed E-state index contributed by atoms with van der Waals surface area (Å²) in [5.41, 5.74) is 2.22. The molecule has 0 saturated carbocycles. The maximum atomic E-state index is 12.8. The van der Waals surface area contributed by atoms with Crippen molar-refractivity contribution in [3.63, 3.8) is 0 Å². The number of H-pyrrole nitrogens is 1. The quantitative estimate of drug-likeness (QED) is 0.796. The Labute approximate surface area is 128 Å². The van der Waals surface area contributed by atoms with Gasteiger partial charge in [0.15, 0.2) is 0 Å². The first kappa shape index (κ1) is 13.5. The number of nitrogens with zero attached hydrogens (tertiary/aromatic N) is 2. The van der Waals surface area contributed by atoms with E-state index in [9.17, 15) is 9.82 Å². The number of fused-ring (bicyclic) bond motifs is 1. The third kappa shape index (κ3) is 2.13. The SMILES string of the molecule is O=C(c1ccc2c(c1)B(O)OC2)N1CCCC1c1ncc[nH]1. The standard InChI is InChI=1S/C15H16BN3O3/c20-15(10-3-4-11-9-22-16(21)12(11)8-10)19-7-1-2-13(19)14-17-5-6-18-14/h3-6,8,13,21H,1-2,7,9H2,(H,17,18). The van der Waals surface area contributed by atoms with Gasteiger partial charge in [-0.2, -0.15) is 0 Å². The van der Waals surface area contributed by atoms with Gasteiger partial charge in [-0.05, 0) is 36.0 Å². The number of hydrogen-bond donors (Lipinski definition) is 2. The van der Waals surface area contributed by atoms with Gasteiger partial charge in [0.05, 0.1) is 12.6 Å². The molecule has 1 amide bonds. The molecule has 1 unspecified atom stereocenters. The number of aromatic amines is 1. The summed E-state index contributed by atoms with van der Waals surface area (Å²) >= 11 is 0. The van der Waals surface area contributed by atoms with Crippen molar-refractivity contribution in [1.82, 2.24) is 14.9 Å². The van der Waals surface area contributed by atoms with Crippen LogP contribution in [0.3, 0.4) is 0 Å². The van der Waals surface area contributed by atoms with Crippen LogP contribution in [0.2, 0.25) is 0 Å². The van der Waals surface area contributed by atoms with Crippen molar-refractivity contribution in [3.8, 4) is 0 Å². The summed E-state index contributed by atoms with van der Waals surface area (Å²) in [7, 11) is -0.929. The molecule has 3 heterocycles. The average molecular weight is 297 g/mol. The molecule has 1 atom stereocenters. The van der Waals surface area contributed by atoms with E-state index in [1.54, 1.807) is 24.5 Å². The summed E-state index contributed by atoms with van der Waals surface area (Å²) in [5, 5.41) is 9.79. The van der Waals surface area contributed by atoms with Gasteiger partial charge in [0, 0.05) is 24.5 Å². The summed E-state index contributed by atoms with van der Waals surface area (Å²) in [5.74, 6) is 0.802. The highest BCUT2D eigenvalue weighted by molar-refractivity contribution is 6.61. The second kappa shape index (κ2) is 5.26. The highest BCUT2D eigenvalue weighted by Crippen LogP contribution is 2.31. The molecule has 1 aromatic carbocycles. The van der Waals surface area contributed by atoms with Crippen LogP contribution in [-0.2, 0) is 11.3 Å². The van der Waals surface area contributed by atoms with Crippen molar-refractivity contribution in [2.24, 2.45) is 0 Å². The zero-order valence-electron chi connectivity index (χ0n) is 12.0. The monoisotopic (exact) mass is 297 g/mol. The van der Waals surface area contributed by atoms with E-state index in [-0.39, 0.29) is 11.9 Å². The Morgan fingerprint density at radius 2 is 2.41 bits per heavy atom. The maximum absolute atomic E-state index is 12.8. The molecule has 1 aromatic heterocycles. The number of amides is 1. The molecule has 2 aliphatic heterocycles. The Bertz CT molecular complexity index is 704. The van der Waals surface area contributed by atoms with E-state index in [1.807, 2.05) is 11.0 Å². The normalized spacial score (nSPS) is 20.5. The molecule has 6 nitrogen and oxygen atoms in total. The third-order valence-electron chi connectivity index (χ3n) is 4.40. The molecule has 0 spiro atoms. The van der Waals surface area contributed by atoms with Crippen LogP contribution in [0, 0.1) is 0 Å². The van der Waals surface area contributed by atoms with Crippen molar-refractivity contribution in [1.29, 1.82) is 0 Å². The number of aromatic nitrogens is 2. The van der Waals surface area contributed by atoms with Crippen molar-refractivity contribution in [3.05, 3.63) is 47.5 Å². The van der Waals surface area contributed by atoms with Gasteiger partial charge in [0.25, 0.3) is 5.91 Å². The highest BCUT2D eigenvalue weighted by atomic mass is 16.5. The number of rotatable bonds is 2. The van der Waals surface area contributed by atoms with Gasteiger partial charge in [-0.1, -0.05) is 6.07 Å². The summed E-state index contributed by atoms with van der Waals surface area (Å²) in [4.78, 5) is 22.1. The fourth-order valence-corrected chi connectivity index (χ4v) is 3.27. The molecule has 2 aliphatic rings. The molecule has 2 N–H and O–H groups in total. The van der Waals surface area contributed by atoms with Crippen LogP contribution < -0.4 is 5.46 Å². The Balaban J connectivity index is 1.63. The molecule has 0 aliphatic carbocycles. The maximum Gasteiger partial charge on any atom is 0.491 e. The van der Waals surface area contributed by atoms with Gasteiger partial charge in [-0.3, -0.25) is 4.79 Å². The van der Waals surface area contributed by atoms with E-state index in [0.29, 0.717) is 17.6 Å². The number of hydrogen-bond acceptors (Lipinski definition) is 4. The van der Waals surface area contributed by atoms with E-state index in [4.69, 9.17) is 4.65 Å². The van der Waals surface area contributed by atoms with Crippen LogP contribution >= 0.6 is 0 Å². The molecular weight excluding hydrogens is 281 g/mol. The lowest BCUT2D eigenvalue weighted by molar-refractivity contribution is 0.0730. The van der Waals surface area contributed by atoms with Crippen molar-refractivity contribution >= 4 is 18.5 Å². The number of imidazole rings is 1. The number of nitrogens with one attached hydrogen (secondary N) is 1. The van der Waals surface area contributed by atoms with Crippen LogP contribution in [0.4, 0.5) is 0 Å². The fourth-order valence-electron chi connectivity index (χ4n) is 3.27. The molecule has 1 fully saturated rings. The van der Waals surface area contributed by atoms with E-state index in [0.717, 1.165) is 30.8 Å². The van der Waals surface area contributed by atoms with Gasteiger partial charge < -0.3 is 19.6 Å². The van der Waals surface area contributed by atoms with Crippen LogP contribution in [0.15, 0.2) is 30.6 Å². The zero-order valence-corrected chi connectivity index (χ0v) is 12.0. The lowest BCUT2D eigenvalue weighted by Gasteiger charge is -2.23. The fraction of sp³-hybridized carbons (Fsp3) is 0.333. The first-order valence-corrected chi connectivity index (χ1v) is 7.47. The lowest BCUT2D eigenvalue weighted by atomic mass is 9.78. The van der Waals surface area contributed by atoms with Crippen LogP contribution in [0.5, 0.6) is 0 Å². The Hall–Kier alpha value is -2.12. The summed E-state index contributed by atoms with van der Waals surface area (Å²) in [6.45, 7) is 1.12. The number of carbonyl (C=O) groups is 1. The molecule has 112 valence electrons. The first-order valence-electron chi connectivity index (χ1n) is 7.47. The predicted molar refractivity (Wildman–Crippen MR) is 80.4 cm³/mol. The Kier molecular flexibility index (Phi) is 3.24. The van der Waals surface area contributed by atoms with Crippen LogP contribution in [0.1, 0.15) is 40.6 Å². The van der Waals surface area contributed by atoms with Crippen molar-refractivity contribution < 1.29 is 14.5 Å². The minimum absolute atomic E-state index is 0.00284. The minimum Gasteiger partial charge on any atom is -0.423 e. The minimum atomic E-state index is -0.929. The average Bonchev–Trinajstić information content (AvgIpc) is 3.26. The summed E-state index contributed by atoms with van der Waals surface area (Å²) < 4.78 is 5.18. The van der Waals surface area contributed by atoms with Gasteiger partial charge in [0.2, 0.25) is 0 Å². The Morgan fingerprint density at radius 1 is 1.50 bits per heavy atom. The predicted octanol–water partition coefficient (Wildman–Crippen LogP) is 0.605. The first-order chi connectivity index (χ1) is 10.7. The molecule has 1 saturated heterocycles. The number of carbonyl (C=O) groups excluding carboxylic acids is 1. The van der Waals surface area contributed by atoms with E-state index in [2.05, 4.69) is 9.97 Å². The summed E-state index contributed by atoms with van der Waals surface area (Å²) in [6, 6.07) is 5.40. The van der Waals surface area contributed by atoms with Crippen LogP contribution in [-0.4, -0.2) is 39.5 Å². The second-order valence-corrected chi connectivity index (χ2v) is 5.71. The molecule has 0 bridgehead atoms. The third-order valence-corrected chi connectivity index (χ3v) is 4.40. The molecule has 22 heavy (non-hydrogen) atoms. The molecule has 2 aromatic rings. The zero-order chi connectivity index (χ0) is 15.1. The van der Waals surface area contributed by atoms with Gasteiger partial charge in [0.1, 0.15) is 5.82 Å². The molecular formula is C15H16BN3O3. The van der Waals surface area contributed by atoms with Gasteiger partial charge >= 0.3 is 7.12 Å². The molecule has 0 radical (unpaired) electrons. The highest BCUT2D eigenvalue weighted by Gasteiger charge is 2.34. The van der Waals surface area contributed by atoms with Crippen molar-refractivity contribution in [2.75, 3.05) is 6.54 Å². The molecule has 7 heteroatoms. The van der Waals surface area contributed by atoms with Crippen molar-refractivity contribution in [2.45, 2.75) is 25.5 Å². The second-order valence-electron chi connectivity index (χ2n) is 5.71. The van der Waals surface area contributed by atoms with Gasteiger partial charge in [-0.15, -0.1) is 0 Å². The number of benzene rings is 1. The van der Waals surface area contributed by atoms with E-state index < -0.39 is 7.12 Å². The summed E-state index contributed by atoms with van der Waals surface area (Å²) in [6.07, 6.45) is 5.36. The van der Waals surface area contributed by atoms with E-state index >= 15 is 0 Å². The molecule has 4 rings (SSSR count).